The zero-order chi connectivity index (χ0) is 18.3. The molecule has 0 atom stereocenters. The Kier molecular flexibility index (Phi) is 6.53. The number of hydrogen-bond donors (Lipinski definition) is 1. The molecule has 0 bridgehead atoms. The molecule has 0 saturated carbocycles. The van der Waals surface area contributed by atoms with E-state index in [0.29, 0.717) is 24.1 Å². The monoisotopic (exact) mass is 335 g/mol. The minimum Gasteiger partial charge on any atom is -0.476 e. The minimum atomic E-state index is -0.555. The molecular weight excluding hydrogens is 314 g/mol. The number of pyridine rings is 1. The molecule has 0 spiro atoms. The fraction of sp³-hybridized carbons (Fsp3) is 0.500. The first-order valence-electron chi connectivity index (χ1n) is 7.29. The van der Waals surface area contributed by atoms with Crippen LogP contribution in [0, 0.1) is 28.9 Å². The van der Waals surface area contributed by atoms with Crippen LogP contribution in [-0.2, 0) is 4.74 Å². The fourth-order valence-electron chi connectivity index (χ4n) is 1.76. The minimum absolute atomic E-state index is 0.0466. The third kappa shape index (κ3) is 5.76. The van der Waals surface area contributed by atoms with E-state index in [9.17, 15) is 14.9 Å². The number of carbonyl (C=O) groups is 1. The molecule has 1 amide bonds. The number of methoxy groups -OCH3 is 1. The lowest BCUT2D eigenvalue weighted by atomic mass is 10.1. The smallest absolute Gasteiger partial charge is 0.407 e. The SMILES string of the molecule is COc1ncc(C#CCCNC(=O)OC(C)(C)C)c(C)c1[N+](=O)[O-]. The Labute approximate surface area is 140 Å². The van der Waals surface area contributed by atoms with Crippen molar-refractivity contribution >= 4 is 11.8 Å². The number of alkyl carbamates (subject to hydrolysis) is 1. The van der Waals surface area contributed by atoms with E-state index in [-0.39, 0.29) is 11.6 Å². The normalized spacial score (nSPS) is 10.4. The van der Waals surface area contributed by atoms with Gasteiger partial charge in [0.25, 0.3) is 5.88 Å². The molecule has 8 nitrogen and oxygen atoms in total. The van der Waals surface area contributed by atoms with Crippen molar-refractivity contribution in [1.82, 2.24) is 10.3 Å². The van der Waals surface area contributed by atoms with E-state index in [1.807, 2.05) is 0 Å². The molecule has 0 unspecified atom stereocenters. The Morgan fingerprint density at radius 1 is 1.46 bits per heavy atom. The molecular formula is C16H21N3O5. The van der Waals surface area contributed by atoms with E-state index in [2.05, 4.69) is 22.1 Å². The summed E-state index contributed by atoms with van der Waals surface area (Å²) in [5.74, 6) is 5.61. The number of nitrogens with one attached hydrogen (secondary N) is 1. The van der Waals surface area contributed by atoms with E-state index in [1.165, 1.54) is 13.3 Å². The molecule has 1 N–H and O–H groups in total. The number of nitrogens with zero attached hydrogens (tertiary/aromatic N) is 2. The highest BCUT2D eigenvalue weighted by Crippen LogP contribution is 2.29. The van der Waals surface area contributed by atoms with E-state index < -0.39 is 16.6 Å². The number of hydrogen-bond acceptors (Lipinski definition) is 6. The van der Waals surface area contributed by atoms with Gasteiger partial charge in [-0.25, -0.2) is 9.78 Å². The first-order chi connectivity index (χ1) is 11.2. The molecule has 0 aliphatic carbocycles. The van der Waals surface area contributed by atoms with Crippen molar-refractivity contribution < 1.29 is 19.2 Å². The summed E-state index contributed by atoms with van der Waals surface area (Å²) in [4.78, 5) is 25.9. The van der Waals surface area contributed by atoms with Crippen LogP contribution in [0.15, 0.2) is 6.20 Å². The number of rotatable bonds is 4. The molecule has 1 aromatic heterocycles. The Bertz CT molecular complexity index is 683. The molecule has 0 saturated heterocycles. The van der Waals surface area contributed by atoms with Gasteiger partial charge < -0.3 is 14.8 Å². The van der Waals surface area contributed by atoms with Crippen LogP contribution in [0.3, 0.4) is 0 Å². The lowest BCUT2D eigenvalue weighted by Gasteiger charge is -2.19. The van der Waals surface area contributed by atoms with Crippen molar-refractivity contribution in [1.29, 1.82) is 0 Å². The lowest BCUT2D eigenvalue weighted by Crippen LogP contribution is -2.32. The summed E-state index contributed by atoms with van der Waals surface area (Å²) >= 11 is 0. The van der Waals surface area contributed by atoms with Gasteiger partial charge in [0.15, 0.2) is 0 Å². The van der Waals surface area contributed by atoms with Crippen molar-refractivity contribution in [3.8, 4) is 17.7 Å². The summed E-state index contributed by atoms with van der Waals surface area (Å²) in [6, 6.07) is 0. The average Bonchev–Trinajstić information content (AvgIpc) is 2.45. The van der Waals surface area contributed by atoms with Crippen LogP contribution in [0.25, 0.3) is 0 Å². The maximum absolute atomic E-state index is 11.5. The zero-order valence-corrected chi connectivity index (χ0v) is 14.4. The number of amides is 1. The molecule has 130 valence electrons. The van der Waals surface area contributed by atoms with Crippen LogP contribution in [0.2, 0.25) is 0 Å². The number of nitro groups is 1. The van der Waals surface area contributed by atoms with Gasteiger partial charge >= 0.3 is 11.8 Å². The van der Waals surface area contributed by atoms with Crippen molar-refractivity contribution in [2.45, 2.75) is 39.7 Å². The molecule has 8 heteroatoms. The molecule has 0 aromatic carbocycles. The Morgan fingerprint density at radius 3 is 2.67 bits per heavy atom. The summed E-state index contributed by atoms with van der Waals surface area (Å²) in [6.45, 7) is 7.23. The van der Waals surface area contributed by atoms with E-state index in [4.69, 9.17) is 9.47 Å². The lowest BCUT2D eigenvalue weighted by molar-refractivity contribution is -0.386. The third-order valence-electron chi connectivity index (χ3n) is 2.79. The van der Waals surface area contributed by atoms with Crippen LogP contribution in [-0.4, -0.2) is 35.3 Å². The molecule has 1 aromatic rings. The van der Waals surface area contributed by atoms with Gasteiger partial charge in [0.05, 0.1) is 17.6 Å². The van der Waals surface area contributed by atoms with Gasteiger partial charge in [-0.2, -0.15) is 0 Å². The predicted octanol–water partition coefficient (Wildman–Crippen LogP) is 2.57. The molecule has 1 heterocycles. The zero-order valence-electron chi connectivity index (χ0n) is 14.4. The van der Waals surface area contributed by atoms with E-state index in [1.54, 1.807) is 27.7 Å². The van der Waals surface area contributed by atoms with Crippen molar-refractivity contribution in [2.75, 3.05) is 13.7 Å². The molecule has 0 aliphatic rings. The summed E-state index contributed by atoms with van der Waals surface area (Å²) in [5, 5.41) is 13.7. The van der Waals surface area contributed by atoms with Gasteiger partial charge in [0, 0.05) is 24.7 Å². The van der Waals surface area contributed by atoms with Gasteiger partial charge in [-0.05, 0) is 27.7 Å². The predicted molar refractivity (Wildman–Crippen MR) is 87.9 cm³/mol. The second-order valence-corrected chi connectivity index (χ2v) is 5.89. The summed E-state index contributed by atoms with van der Waals surface area (Å²) in [5.41, 5.74) is 0.0796. The third-order valence-corrected chi connectivity index (χ3v) is 2.79. The van der Waals surface area contributed by atoms with Crippen LogP contribution in [0.4, 0.5) is 10.5 Å². The van der Waals surface area contributed by atoms with Gasteiger partial charge in [-0.1, -0.05) is 11.8 Å². The number of aromatic nitrogens is 1. The van der Waals surface area contributed by atoms with Crippen molar-refractivity contribution in [3.05, 3.63) is 27.4 Å². The molecule has 1 rings (SSSR count). The Morgan fingerprint density at radius 2 is 2.12 bits per heavy atom. The van der Waals surface area contributed by atoms with Gasteiger partial charge in [-0.3, -0.25) is 10.1 Å². The van der Waals surface area contributed by atoms with Gasteiger partial charge in [0.1, 0.15) is 5.60 Å². The van der Waals surface area contributed by atoms with Crippen LogP contribution in [0.5, 0.6) is 5.88 Å². The topological polar surface area (TPSA) is 104 Å². The average molecular weight is 335 g/mol. The summed E-state index contributed by atoms with van der Waals surface area (Å²) in [6.07, 6.45) is 1.29. The first kappa shape index (κ1) is 19.2. The molecule has 0 aliphatic heterocycles. The fourth-order valence-corrected chi connectivity index (χ4v) is 1.76. The maximum Gasteiger partial charge on any atom is 0.407 e. The second-order valence-electron chi connectivity index (χ2n) is 5.89. The quantitative estimate of drug-likeness (QED) is 0.392. The van der Waals surface area contributed by atoms with E-state index in [0.717, 1.165) is 0 Å². The van der Waals surface area contributed by atoms with Crippen molar-refractivity contribution in [2.24, 2.45) is 0 Å². The standard InChI is InChI=1S/C16H21N3O5/c1-11-12(10-18-14(23-5)13(11)19(21)22)8-6-7-9-17-15(20)24-16(2,3)4/h10H,7,9H2,1-5H3,(H,17,20). The van der Waals surface area contributed by atoms with Crippen LogP contribution < -0.4 is 10.1 Å². The molecule has 24 heavy (non-hydrogen) atoms. The highest BCUT2D eigenvalue weighted by Gasteiger charge is 2.22. The molecule has 0 radical (unpaired) electrons. The van der Waals surface area contributed by atoms with Gasteiger partial charge in [0.2, 0.25) is 0 Å². The number of carbonyl (C=O) groups excluding carboxylic acids is 1. The summed E-state index contributed by atoms with van der Waals surface area (Å²) < 4.78 is 9.98. The summed E-state index contributed by atoms with van der Waals surface area (Å²) in [7, 11) is 1.32. The van der Waals surface area contributed by atoms with Crippen LogP contribution >= 0.6 is 0 Å². The first-order valence-corrected chi connectivity index (χ1v) is 7.29. The number of ether oxygens (including phenoxy) is 2. The Hall–Kier alpha value is -2.82. The highest BCUT2D eigenvalue weighted by molar-refractivity contribution is 5.67. The molecule has 0 fully saturated rings. The largest absolute Gasteiger partial charge is 0.476 e. The van der Waals surface area contributed by atoms with Gasteiger partial charge in [-0.15, -0.1) is 0 Å². The van der Waals surface area contributed by atoms with Crippen LogP contribution in [0.1, 0.15) is 38.3 Å². The maximum atomic E-state index is 11.5. The van der Waals surface area contributed by atoms with E-state index >= 15 is 0 Å². The van der Waals surface area contributed by atoms with Crippen molar-refractivity contribution in [3.63, 3.8) is 0 Å². The highest BCUT2D eigenvalue weighted by atomic mass is 16.6. The second kappa shape index (κ2) is 8.15. The Balaban J connectivity index is 2.69.